The molecule has 2 atom stereocenters. The summed E-state index contributed by atoms with van der Waals surface area (Å²) in [6.07, 6.45) is 8.06. The summed E-state index contributed by atoms with van der Waals surface area (Å²) in [5, 5.41) is 3.57. The fourth-order valence-corrected chi connectivity index (χ4v) is 2.86. The van der Waals surface area contributed by atoms with Gasteiger partial charge in [-0.15, -0.1) is 0 Å². The molecule has 2 unspecified atom stereocenters. The molecule has 18 heavy (non-hydrogen) atoms. The van der Waals surface area contributed by atoms with Crippen LogP contribution in [-0.4, -0.2) is 16.5 Å². The lowest BCUT2D eigenvalue weighted by atomic mass is 9.81. The van der Waals surface area contributed by atoms with Crippen molar-refractivity contribution in [1.29, 1.82) is 0 Å². The Hall–Kier alpha value is -1.03. The summed E-state index contributed by atoms with van der Waals surface area (Å²) in [6, 6.07) is 0. The van der Waals surface area contributed by atoms with Crippen LogP contribution in [-0.2, 0) is 0 Å². The summed E-state index contributed by atoms with van der Waals surface area (Å²) in [5.41, 5.74) is 6.25. The Morgan fingerprint density at radius 1 is 1.44 bits per heavy atom. The van der Waals surface area contributed by atoms with Crippen molar-refractivity contribution in [2.24, 2.45) is 11.8 Å². The molecular weight excluding hydrogens is 248 g/mol. The first kappa shape index (κ1) is 13.4. The number of hydrogen-bond donors (Lipinski definition) is 2. The van der Waals surface area contributed by atoms with Gasteiger partial charge in [-0.1, -0.05) is 37.8 Å². The van der Waals surface area contributed by atoms with Gasteiger partial charge in [-0.25, -0.2) is 9.97 Å². The highest BCUT2D eigenvalue weighted by Gasteiger charge is 2.18. The summed E-state index contributed by atoms with van der Waals surface area (Å²) < 4.78 is 0. The molecule has 0 bridgehead atoms. The number of aromatic nitrogens is 2. The quantitative estimate of drug-likeness (QED) is 0.822. The van der Waals surface area contributed by atoms with E-state index in [1.165, 1.54) is 38.4 Å². The lowest BCUT2D eigenvalue weighted by Gasteiger charge is -2.26. The molecule has 1 saturated carbocycles. The van der Waals surface area contributed by atoms with Gasteiger partial charge in [0.1, 0.15) is 12.0 Å². The zero-order valence-corrected chi connectivity index (χ0v) is 11.6. The second-order valence-corrected chi connectivity index (χ2v) is 5.64. The van der Waals surface area contributed by atoms with Crippen LogP contribution in [0, 0.1) is 11.8 Å². The van der Waals surface area contributed by atoms with Gasteiger partial charge in [0.15, 0.2) is 11.0 Å². The molecule has 5 heteroatoms. The highest BCUT2D eigenvalue weighted by atomic mass is 35.5. The molecule has 0 aliphatic heterocycles. The maximum absolute atomic E-state index is 5.84. The smallest absolute Gasteiger partial charge is 0.157 e. The minimum Gasteiger partial charge on any atom is -0.393 e. The number of hydrogen-bond acceptors (Lipinski definition) is 4. The third-order valence-corrected chi connectivity index (χ3v) is 4.03. The van der Waals surface area contributed by atoms with Gasteiger partial charge in [-0.05, 0) is 24.7 Å². The average molecular weight is 269 g/mol. The standard InChI is InChI=1S/C13H21ClN4/c1-9-3-2-4-10(7-9)5-6-16-13-11(15)12(14)17-8-18-13/h8-10H,2-7,15H2,1H3,(H,16,17,18). The van der Waals surface area contributed by atoms with E-state index in [1.54, 1.807) is 0 Å². The number of nitrogens with one attached hydrogen (secondary N) is 1. The third-order valence-electron chi connectivity index (χ3n) is 3.73. The fraction of sp³-hybridized carbons (Fsp3) is 0.692. The molecule has 0 saturated heterocycles. The van der Waals surface area contributed by atoms with Crippen LogP contribution in [0.4, 0.5) is 11.5 Å². The first-order valence-corrected chi connectivity index (χ1v) is 7.04. The first-order chi connectivity index (χ1) is 8.66. The normalized spacial score (nSPS) is 23.9. The highest BCUT2D eigenvalue weighted by Crippen LogP contribution is 2.30. The van der Waals surface area contributed by atoms with Gasteiger partial charge in [-0.2, -0.15) is 0 Å². The maximum atomic E-state index is 5.84. The molecule has 0 spiro atoms. The van der Waals surface area contributed by atoms with Crippen LogP contribution in [0.2, 0.25) is 5.15 Å². The zero-order chi connectivity index (χ0) is 13.0. The molecule has 1 fully saturated rings. The molecule has 1 aromatic rings. The van der Waals surface area contributed by atoms with E-state index in [2.05, 4.69) is 22.2 Å². The number of nitrogens with two attached hydrogens (primary N) is 1. The third kappa shape index (κ3) is 3.48. The van der Waals surface area contributed by atoms with Gasteiger partial charge in [0.05, 0.1) is 0 Å². The Morgan fingerprint density at radius 2 is 2.28 bits per heavy atom. The lowest BCUT2D eigenvalue weighted by Crippen LogP contribution is -2.17. The van der Waals surface area contributed by atoms with E-state index >= 15 is 0 Å². The van der Waals surface area contributed by atoms with Crippen molar-refractivity contribution in [3.63, 3.8) is 0 Å². The van der Waals surface area contributed by atoms with Gasteiger partial charge in [0.25, 0.3) is 0 Å². The fourth-order valence-electron chi connectivity index (χ4n) is 2.73. The van der Waals surface area contributed by atoms with Gasteiger partial charge in [0.2, 0.25) is 0 Å². The topological polar surface area (TPSA) is 63.8 Å². The Balaban J connectivity index is 1.79. The predicted octanol–water partition coefficient (Wildman–Crippen LogP) is 3.34. The van der Waals surface area contributed by atoms with E-state index < -0.39 is 0 Å². The van der Waals surface area contributed by atoms with Crippen LogP contribution in [0.1, 0.15) is 39.0 Å². The molecule has 1 aliphatic carbocycles. The number of anilines is 2. The monoisotopic (exact) mass is 268 g/mol. The van der Waals surface area contributed by atoms with Crippen molar-refractivity contribution in [1.82, 2.24) is 9.97 Å². The summed E-state index contributed by atoms with van der Waals surface area (Å²) in [5.74, 6) is 2.36. The summed E-state index contributed by atoms with van der Waals surface area (Å²) in [4.78, 5) is 7.94. The van der Waals surface area contributed by atoms with Crippen LogP contribution in [0.5, 0.6) is 0 Å². The molecule has 1 aliphatic rings. The number of halogens is 1. The van der Waals surface area contributed by atoms with Gasteiger partial charge in [0, 0.05) is 6.54 Å². The van der Waals surface area contributed by atoms with Crippen molar-refractivity contribution < 1.29 is 0 Å². The van der Waals surface area contributed by atoms with Crippen molar-refractivity contribution in [3.05, 3.63) is 11.5 Å². The van der Waals surface area contributed by atoms with E-state index in [4.69, 9.17) is 17.3 Å². The Bertz CT molecular complexity index is 397. The first-order valence-electron chi connectivity index (χ1n) is 6.66. The summed E-state index contributed by atoms with van der Waals surface area (Å²) in [6.45, 7) is 3.25. The van der Waals surface area contributed by atoms with Crippen LogP contribution in [0.3, 0.4) is 0 Å². The Labute approximate surface area is 113 Å². The average Bonchev–Trinajstić information content (AvgIpc) is 2.35. The SMILES string of the molecule is CC1CCCC(CCNc2ncnc(Cl)c2N)C1. The minimum atomic E-state index is 0.318. The van der Waals surface area contributed by atoms with E-state index in [1.807, 2.05) is 0 Å². The molecule has 0 aromatic carbocycles. The van der Waals surface area contributed by atoms with E-state index in [0.29, 0.717) is 16.7 Å². The largest absolute Gasteiger partial charge is 0.393 e. The number of nitrogens with zero attached hydrogens (tertiary/aromatic N) is 2. The zero-order valence-electron chi connectivity index (χ0n) is 10.8. The molecule has 100 valence electrons. The second kappa shape index (κ2) is 6.23. The molecule has 2 rings (SSSR count). The molecule has 0 amide bonds. The molecule has 0 radical (unpaired) electrons. The summed E-state index contributed by atoms with van der Waals surface area (Å²) >= 11 is 5.84. The summed E-state index contributed by atoms with van der Waals surface area (Å²) in [7, 11) is 0. The number of nitrogen functional groups attached to an aromatic ring is 1. The highest BCUT2D eigenvalue weighted by molar-refractivity contribution is 6.32. The van der Waals surface area contributed by atoms with Crippen molar-refractivity contribution >= 4 is 23.1 Å². The van der Waals surface area contributed by atoms with E-state index in [-0.39, 0.29) is 0 Å². The van der Waals surface area contributed by atoms with Gasteiger partial charge < -0.3 is 11.1 Å². The minimum absolute atomic E-state index is 0.318. The van der Waals surface area contributed by atoms with E-state index in [0.717, 1.165) is 18.4 Å². The second-order valence-electron chi connectivity index (χ2n) is 5.28. The van der Waals surface area contributed by atoms with Crippen LogP contribution in [0.15, 0.2) is 6.33 Å². The molecule has 3 N–H and O–H groups in total. The van der Waals surface area contributed by atoms with Gasteiger partial charge >= 0.3 is 0 Å². The van der Waals surface area contributed by atoms with Crippen LogP contribution in [0.25, 0.3) is 0 Å². The van der Waals surface area contributed by atoms with E-state index in [9.17, 15) is 0 Å². The molecule has 1 aromatic heterocycles. The molecule has 1 heterocycles. The molecular formula is C13H21ClN4. The van der Waals surface area contributed by atoms with Crippen molar-refractivity contribution in [3.8, 4) is 0 Å². The van der Waals surface area contributed by atoms with Crippen molar-refractivity contribution in [2.45, 2.75) is 39.0 Å². The van der Waals surface area contributed by atoms with Crippen LogP contribution < -0.4 is 11.1 Å². The maximum Gasteiger partial charge on any atom is 0.157 e. The number of rotatable bonds is 4. The molecule has 4 nitrogen and oxygen atoms in total. The lowest BCUT2D eigenvalue weighted by molar-refractivity contribution is 0.274. The van der Waals surface area contributed by atoms with Gasteiger partial charge in [-0.3, -0.25) is 0 Å². The Morgan fingerprint density at radius 3 is 3.06 bits per heavy atom. The van der Waals surface area contributed by atoms with Crippen LogP contribution >= 0.6 is 11.6 Å². The Kier molecular flexibility index (Phi) is 4.64. The predicted molar refractivity (Wildman–Crippen MR) is 75.7 cm³/mol. The van der Waals surface area contributed by atoms with Crippen molar-refractivity contribution in [2.75, 3.05) is 17.6 Å².